The zero-order valence-electron chi connectivity index (χ0n) is 11.3. The number of likely N-dealkylation sites (tertiary alicyclic amines) is 1. The second kappa shape index (κ2) is 6.70. The second-order valence-electron chi connectivity index (χ2n) is 4.66. The summed E-state index contributed by atoms with van der Waals surface area (Å²) in [5.74, 6) is -0.415. The molecule has 6 heteroatoms. The largest absolute Gasteiger partial charge is 0.466 e. The first-order valence-corrected chi connectivity index (χ1v) is 7.08. The third kappa shape index (κ3) is 3.48. The third-order valence-electron chi connectivity index (χ3n) is 3.34. The van der Waals surface area contributed by atoms with E-state index in [4.69, 9.17) is 16.3 Å². The van der Waals surface area contributed by atoms with E-state index in [0.29, 0.717) is 43.4 Å². The number of rotatable bonds is 3. The Labute approximate surface area is 122 Å². The van der Waals surface area contributed by atoms with Gasteiger partial charge in [-0.2, -0.15) is 0 Å². The van der Waals surface area contributed by atoms with Crippen LogP contribution in [0.4, 0.5) is 0 Å². The fraction of sp³-hybridized carbons (Fsp3) is 0.500. The predicted molar refractivity (Wildman–Crippen MR) is 74.5 cm³/mol. The molecule has 0 unspecified atom stereocenters. The van der Waals surface area contributed by atoms with E-state index in [2.05, 4.69) is 4.98 Å². The van der Waals surface area contributed by atoms with E-state index in [1.165, 1.54) is 0 Å². The number of piperidine rings is 1. The summed E-state index contributed by atoms with van der Waals surface area (Å²) < 4.78 is 5.01. The van der Waals surface area contributed by atoms with Crippen molar-refractivity contribution >= 4 is 23.5 Å². The summed E-state index contributed by atoms with van der Waals surface area (Å²) in [6, 6.07) is 4.98. The summed E-state index contributed by atoms with van der Waals surface area (Å²) in [6.45, 7) is 3.26. The Morgan fingerprint density at radius 1 is 1.40 bits per heavy atom. The highest BCUT2D eigenvalue weighted by Crippen LogP contribution is 2.20. The van der Waals surface area contributed by atoms with Crippen molar-refractivity contribution in [3.05, 3.63) is 29.0 Å². The van der Waals surface area contributed by atoms with E-state index >= 15 is 0 Å². The number of halogens is 1. The van der Waals surface area contributed by atoms with Crippen LogP contribution in [-0.4, -0.2) is 41.5 Å². The first-order valence-electron chi connectivity index (χ1n) is 6.70. The van der Waals surface area contributed by atoms with Gasteiger partial charge in [-0.1, -0.05) is 17.7 Å². The minimum Gasteiger partial charge on any atom is -0.466 e. The number of nitrogens with zero attached hydrogens (tertiary/aromatic N) is 2. The minimum atomic E-state index is -0.166. The monoisotopic (exact) mass is 296 g/mol. The average molecular weight is 297 g/mol. The van der Waals surface area contributed by atoms with Crippen molar-refractivity contribution in [2.75, 3.05) is 19.7 Å². The van der Waals surface area contributed by atoms with Crippen LogP contribution in [0, 0.1) is 5.92 Å². The van der Waals surface area contributed by atoms with Gasteiger partial charge in [0, 0.05) is 13.1 Å². The Kier molecular flexibility index (Phi) is 4.95. The molecule has 20 heavy (non-hydrogen) atoms. The van der Waals surface area contributed by atoms with Crippen LogP contribution in [0.3, 0.4) is 0 Å². The number of ether oxygens (including phenoxy) is 1. The molecule has 2 rings (SSSR count). The zero-order chi connectivity index (χ0) is 14.5. The van der Waals surface area contributed by atoms with Crippen LogP contribution < -0.4 is 0 Å². The lowest BCUT2D eigenvalue weighted by atomic mass is 9.97. The molecule has 1 amide bonds. The van der Waals surface area contributed by atoms with E-state index < -0.39 is 0 Å². The molecule has 0 N–H and O–H groups in total. The van der Waals surface area contributed by atoms with E-state index in [9.17, 15) is 9.59 Å². The Morgan fingerprint density at radius 3 is 2.70 bits per heavy atom. The van der Waals surface area contributed by atoms with Crippen LogP contribution in [0.2, 0.25) is 5.15 Å². The molecule has 5 nitrogen and oxygen atoms in total. The van der Waals surface area contributed by atoms with Crippen molar-refractivity contribution in [3.63, 3.8) is 0 Å². The van der Waals surface area contributed by atoms with Crippen LogP contribution in [0.15, 0.2) is 18.2 Å². The number of hydrogen-bond donors (Lipinski definition) is 0. The summed E-state index contributed by atoms with van der Waals surface area (Å²) in [5, 5.41) is 0.303. The predicted octanol–water partition coefficient (Wildman–Crippen LogP) is 2.15. The second-order valence-corrected chi connectivity index (χ2v) is 5.05. The first kappa shape index (κ1) is 14.8. The summed E-state index contributed by atoms with van der Waals surface area (Å²) in [4.78, 5) is 29.6. The molecule has 0 radical (unpaired) electrons. The van der Waals surface area contributed by atoms with Crippen LogP contribution in [-0.2, 0) is 9.53 Å². The van der Waals surface area contributed by atoms with E-state index in [1.807, 2.05) is 0 Å². The van der Waals surface area contributed by atoms with Crippen molar-refractivity contribution in [1.29, 1.82) is 0 Å². The highest BCUT2D eigenvalue weighted by Gasteiger charge is 2.29. The van der Waals surface area contributed by atoms with Gasteiger partial charge in [0.25, 0.3) is 5.91 Å². The van der Waals surface area contributed by atoms with E-state index in [-0.39, 0.29) is 17.8 Å². The van der Waals surface area contributed by atoms with Crippen LogP contribution in [0.25, 0.3) is 0 Å². The van der Waals surface area contributed by atoms with Gasteiger partial charge in [-0.25, -0.2) is 4.98 Å². The van der Waals surface area contributed by atoms with E-state index in [0.717, 1.165) is 0 Å². The molecule has 0 atom stereocenters. The van der Waals surface area contributed by atoms with Gasteiger partial charge in [-0.15, -0.1) is 0 Å². The molecule has 108 valence electrons. The third-order valence-corrected chi connectivity index (χ3v) is 3.55. The van der Waals surface area contributed by atoms with Gasteiger partial charge < -0.3 is 9.64 Å². The molecule has 1 aromatic rings. The minimum absolute atomic E-state index is 0.105. The lowest BCUT2D eigenvalue weighted by Crippen LogP contribution is -2.41. The number of amides is 1. The summed E-state index contributed by atoms with van der Waals surface area (Å²) >= 11 is 5.78. The van der Waals surface area contributed by atoms with Crippen molar-refractivity contribution < 1.29 is 14.3 Å². The lowest BCUT2D eigenvalue weighted by Gasteiger charge is -2.30. The van der Waals surface area contributed by atoms with Gasteiger partial charge in [0.1, 0.15) is 10.8 Å². The molecule has 1 aliphatic rings. The Balaban J connectivity index is 1.93. The number of carbonyl (C=O) groups is 2. The molecule has 2 heterocycles. The molecule has 1 aromatic heterocycles. The molecule has 0 aliphatic carbocycles. The maximum absolute atomic E-state index is 12.2. The fourth-order valence-corrected chi connectivity index (χ4v) is 2.43. The maximum atomic E-state index is 12.2. The highest BCUT2D eigenvalue weighted by atomic mass is 35.5. The van der Waals surface area contributed by atoms with Gasteiger partial charge in [-0.05, 0) is 31.9 Å². The molecule has 0 bridgehead atoms. The topological polar surface area (TPSA) is 59.5 Å². The van der Waals surface area contributed by atoms with Gasteiger partial charge in [0.05, 0.1) is 12.5 Å². The molecule has 0 spiro atoms. The van der Waals surface area contributed by atoms with Crippen molar-refractivity contribution in [2.24, 2.45) is 5.92 Å². The molecular formula is C14H17ClN2O3. The fourth-order valence-electron chi connectivity index (χ4n) is 2.27. The molecule has 0 aromatic carbocycles. The quantitative estimate of drug-likeness (QED) is 0.633. The van der Waals surface area contributed by atoms with Crippen molar-refractivity contribution in [2.45, 2.75) is 19.8 Å². The summed E-state index contributed by atoms with van der Waals surface area (Å²) in [7, 11) is 0. The SMILES string of the molecule is CCOC(=O)C1CCN(C(=O)c2cccc(Cl)n2)CC1. The normalized spacial score (nSPS) is 16.0. The number of pyridine rings is 1. The smallest absolute Gasteiger partial charge is 0.309 e. The Hall–Kier alpha value is -1.62. The van der Waals surface area contributed by atoms with Gasteiger partial charge in [0.2, 0.25) is 0 Å². The molecule has 1 saturated heterocycles. The Bertz CT molecular complexity index is 499. The number of carbonyl (C=O) groups excluding carboxylic acids is 2. The van der Waals surface area contributed by atoms with Crippen LogP contribution >= 0.6 is 11.6 Å². The molecule has 0 saturated carbocycles. The highest BCUT2D eigenvalue weighted by molar-refractivity contribution is 6.29. The molecule has 1 aliphatic heterocycles. The van der Waals surface area contributed by atoms with Crippen molar-refractivity contribution in [3.8, 4) is 0 Å². The lowest BCUT2D eigenvalue weighted by molar-refractivity contribution is -0.149. The van der Waals surface area contributed by atoms with Gasteiger partial charge in [-0.3, -0.25) is 9.59 Å². The number of aromatic nitrogens is 1. The number of hydrogen-bond acceptors (Lipinski definition) is 4. The van der Waals surface area contributed by atoms with Gasteiger partial charge in [0.15, 0.2) is 0 Å². The summed E-state index contributed by atoms with van der Waals surface area (Å²) in [6.07, 6.45) is 1.26. The average Bonchev–Trinajstić information content (AvgIpc) is 2.47. The first-order chi connectivity index (χ1) is 9.61. The zero-order valence-corrected chi connectivity index (χ0v) is 12.1. The molecule has 1 fully saturated rings. The van der Waals surface area contributed by atoms with Crippen LogP contribution in [0.5, 0.6) is 0 Å². The van der Waals surface area contributed by atoms with Crippen molar-refractivity contribution in [1.82, 2.24) is 9.88 Å². The Morgan fingerprint density at radius 2 is 2.10 bits per heavy atom. The summed E-state index contributed by atoms with van der Waals surface area (Å²) in [5.41, 5.74) is 0.340. The number of esters is 1. The van der Waals surface area contributed by atoms with Crippen LogP contribution in [0.1, 0.15) is 30.3 Å². The standard InChI is InChI=1S/C14H17ClN2O3/c1-2-20-14(19)10-6-8-17(9-7-10)13(18)11-4-3-5-12(15)16-11/h3-5,10H,2,6-9H2,1H3. The molecular weight excluding hydrogens is 280 g/mol. The maximum Gasteiger partial charge on any atom is 0.309 e. The van der Waals surface area contributed by atoms with Gasteiger partial charge >= 0.3 is 5.97 Å². The van der Waals surface area contributed by atoms with E-state index in [1.54, 1.807) is 30.0 Å².